The fourth-order valence-electron chi connectivity index (χ4n) is 3.27. The van der Waals surface area contributed by atoms with E-state index in [9.17, 15) is 9.59 Å². The van der Waals surface area contributed by atoms with Crippen LogP contribution < -0.4 is 20.1 Å². The van der Waals surface area contributed by atoms with Gasteiger partial charge in [-0.3, -0.25) is 9.59 Å². The Balaban J connectivity index is 1.61. The third kappa shape index (κ3) is 6.50. The van der Waals surface area contributed by atoms with Crippen LogP contribution in [0.15, 0.2) is 47.6 Å². The van der Waals surface area contributed by atoms with E-state index in [0.717, 1.165) is 11.3 Å². The molecule has 9 nitrogen and oxygen atoms in total. The molecule has 2 aromatic carbocycles. The van der Waals surface area contributed by atoms with Crippen molar-refractivity contribution in [2.75, 3.05) is 23.5 Å². The van der Waals surface area contributed by atoms with Crippen molar-refractivity contribution >= 4 is 35.0 Å². The number of aromatic nitrogens is 3. The van der Waals surface area contributed by atoms with E-state index < -0.39 is 0 Å². The van der Waals surface area contributed by atoms with E-state index in [4.69, 9.17) is 9.47 Å². The van der Waals surface area contributed by atoms with Crippen LogP contribution in [0.25, 0.3) is 0 Å². The number of methoxy groups -OCH3 is 1. The Hall–Kier alpha value is -3.53. The van der Waals surface area contributed by atoms with Crippen LogP contribution >= 0.6 is 11.8 Å². The molecule has 2 N–H and O–H groups in total. The summed E-state index contributed by atoms with van der Waals surface area (Å²) in [5, 5.41) is 14.8. The minimum absolute atomic E-state index is 0.162. The third-order valence-electron chi connectivity index (χ3n) is 4.96. The van der Waals surface area contributed by atoms with E-state index in [1.807, 2.05) is 55.7 Å². The highest BCUT2D eigenvalue weighted by atomic mass is 32.2. The number of rotatable bonds is 10. The summed E-state index contributed by atoms with van der Waals surface area (Å²) < 4.78 is 13.1. The topological polar surface area (TPSA) is 107 Å². The fourth-order valence-corrected chi connectivity index (χ4v) is 4.08. The highest BCUT2D eigenvalue weighted by Crippen LogP contribution is 2.26. The highest BCUT2D eigenvalue weighted by Gasteiger charge is 2.19. The molecule has 0 fully saturated rings. The zero-order chi connectivity index (χ0) is 24.7. The average molecular weight is 484 g/mol. The Morgan fingerprint density at radius 1 is 1.09 bits per heavy atom. The summed E-state index contributed by atoms with van der Waals surface area (Å²) in [5.41, 5.74) is 2.19. The number of hydrogen-bond donors (Lipinski definition) is 2. The van der Waals surface area contributed by atoms with Crippen LogP contribution in [0.1, 0.15) is 38.3 Å². The first-order chi connectivity index (χ1) is 16.3. The fraction of sp³-hybridized carbons (Fsp3) is 0.333. The van der Waals surface area contributed by atoms with Crippen LogP contribution in [0, 0.1) is 6.92 Å². The summed E-state index contributed by atoms with van der Waals surface area (Å²) in [7, 11) is 1.62. The molecule has 2 amide bonds. The molecular weight excluding hydrogens is 454 g/mol. The molecule has 34 heavy (non-hydrogen) atoms. The van der Waals surface area contributed by atoms with Crippen molar-refractivity contribution in [1.82, 2.24) is 14.8 Å². The van der Waals surface area contributed by atoms with Gasteiger partial charge in [-0.2, -0.15) is 0 Å². The molecule has 0 bridgehead atoms. The van der Waals surface area contributed by atoms with E-state index in [2.05, 4.69) is 20.8 Å². The lowest BCUT2D eigenvalue weighted by Gasteiger charge is -2.16. The van der Waals surface area contributed by atoms with Crippen molar-refractivity contribution in [2.45, 2.75) is 45.5 Å². The van der Waals surface area contributed by atoms with Gasteiger partial charge in [0, 0.05) is 24.8 Å². The van der Waals surface area contributed by atoms with Gasteiger partial charge in [0.15, 0.2) is 17.1 Å². The SMILES string of the molecule is CCn1c(SCC(=O)Nc2ccc(C)c(NC(C)=O)c2)nnc1C(C)Oc1ccc(OC)cc1. The number of carbonyl (C=O) groups excluding carboxylic acids is 2. The Morgan fingerprint density at radius 2 is 1.79 bits per heavy atom. The van der Waals surface area contributed by atoms with Gasteiger partial charge in [-0.05, 0) is 62.7 Å². The van der Waals surface area contributed by atoms with Crippen molar-refractivity contribution in [1.29, 1.82) is 0 Å². The first-order valence-corrected chi connectivity index (χ1v) is 11.8. The van der Waals surface area contributed by atoms with Crippen LogP contribution in [0.2, 0.25) is 0 Å². The van der Waals surface area contributed by atoms with Gasteiger partial charge in [-0.25, -0.2) is 0 Å². The van der Waals surface area contributed by atoms with Gasteiger partial charge in [0.25, 0.3) is 0 Å². The highest BCUT2D eigenvalue weighted by molar-refractivity contribution is 7.99. The largest absolute Gasteiger partial charge is 0.497 e. The predicted octanol–water partition coefficient (Wildman–Crippen LogP) is 4.44. The number of amides is 2. The summed E-state index contributed by atoms with van der Waals surface area (Å²) in [6, 6.07) is 12.7. The van der Waals surface area contributed by atoms with Crippen LogP contribution in [0.4, 0.5) is 11.4 Å². The molecule has 3 aromatic rings. The molecule has 0 radical (unpaired) electrons. The number of nitrogens with zero attached hydrogens (tertiary/aromatic N) is 3. The van der Waals surface area contributed by atoms with Crippen LogP contribution in [0.5, 0.6) is 11.5 Å². The summed E-state index contributed by atoms with van der Waals surface area (Å²) >= 11 is 1.30. The molecule has 0 aliphatic heterocycles. The third-order valence-corrected chi connectivity index (χ3v) is 5.93. The summed E-state index contributed by atoms with van der Waals surface area (Å²) in [6.07, 6.45) is -0.330. The van der Waals surface area contributed by atoms with E-state index in [-0.39, 0.29) is 23.7 Å². The van der Waals surface area contributed by atoms with Crippen molar-refractivity contribution in [2.24, 2.45) is 0 Å². The predicted molar refractivity (Wildman–Crippen MR) is 133 cm³/mol. The first-order valence-electron chi connectivity index (χ1n) is 10.8. The normalized spacial score (nSPS) is 11.6. The van der Waals surface area contributed by atoms with E-state index >= 15 is 0 Å². The summed E-state index contributed by atoms with van der Waals surface area (Å²) in [6.45, 7) is 7.88. The van der Waals surface area contributed by atoms with Gasteiger partial charge in [0.2, 0.25) is 11.8 Å². The molecule has 0 aliphatic carbocycles. The number of benzene rings is 2. The molecule has 1 aromatic heterocycles. The van der Waals surface area contributed by atoms with Gasteiger partial charge in [0.05, 0.1) is 12.9 Å². The van der Waals surface area contributed by atoms with E-state index in [0.29, 0.717) is 34.6 Å². The standard InChI is InChI=1S/C24H29N5O4S/c1-6-29-23(16(3)33-20-11-9-19(32-5)10-12-20)27-28-24(29)34-14-22(31)26-18-8-7-15(2)21(13-18)25-17(4)30/h7-13,16H,6,14H2,1-5H3,(H,25,30)(H,26,31). The van der Waals surface area contributed by atoms with E-state index in [1.165, 1.54) is 18.7 Å². The molecule has 0 aliphatic rings. The second kappa shape index (κ2) is 11.6. The van der Waals surface area contributed by atoms with Crippen LogP contribution in [0.3, 0.4) is 0 Å². The van der Waals surface area contributed by atoms with Crippen LogP contribution in [-0.4, -0.2) is 39.4 Å². The molecule has 0 spiro atoms. The molecule has 1 unspecified atom stereocenters. The van der Waals surface area contributed by atoms with Crippen molar-refractivity contribution < 1.29 is 19.1 Å². The summed E-state index contributed by atoms with van der Waals surface area (Å²) in [5.74, 6) is 1.95. The quantitative estimate of drug-likeness (QED) is 0.410. The number of ether oxygens (including phenoxy) is 2. The Bertz CT molecular complexity index is 1150. The molecule has 3 rings (SSSR count). The van der Waals surface area contributed by atoms with Gasteiger partial charge in [-0.1, -0.05) is 17.8 Å². The number of nitrogens with one attached hydrogen (secondary N) is 2. The molecule has 0 saturated carbocycles. The number of carbonyl (C=O) groups is 2. The molecular formula is C24H29N5O4S. The monoisotopic (exact) mass is 483 g/mol. The number of anilines is 2. The molecule has 0 saturated heterocycles. The number of hydrogen-bond acceptors (Lipinski definition) is 7. The molecule has 10 heteroatoms. The Labute approximate surface area is 203 Å². The van der Waals surface area contributed by atoms with Gasteiger partial charge in [-0.15, -0.1) is 10.2 Å². The lowest BCUT2D eigenvalue weighted by molar-refractivity contribution is -0.114. The smallest absolute Gasteiger partial charge is 0.234 e. The first kappa shape index (κ1) is 25.1. The van der Waals surface area contributed by atoms with Gasteiger partial charge in [0.1, 0.15) is 11.5 Å². The lowest BCUT2D eigenvalue weighted by Crippen LogP contribution is -2.16. The minimum atomic E-state index is -0.330. The van der Waals surface area contributed by atoms with Crippen molar-refractivity contribution in [3.8, 4) is 11.5 Å². The summed E-state index contributed by atoms with van der Waals surface area (Å²) in [4.78, 5) is 23.9. The number of aryl methyl sites for hydroxylation is 1. The number of thioether (sulfide) groups is 1. The van der Waals surface area contributed by atoms with Gasteiger partial charge >= 0.3 is 0 Å². The van der Waals surface area contributed by atoms with Crippen LogP contribution in [-0.2, 0) is 16.1 Å². The maximum atomic E-state index is 12.5. The molecule has 1 heterocycles. The molecule has 180 valence electrons. The van der Waals surface area contributed by atoms with Crippen molar-refractivity contribution in [3.63, 3.8) is 0 Å². The average Bonchev–Trinajstić information content (AvgIpc) is 3.23. The maximum Gasteiger partial charge on any atom is 0.234 e. The maximum absolute atomic E-state index is 12.5. The second-order valence-corrected chi connectivity index (χ2v) is 8.51. The van der Waals surface area contributed by atoms with E-state index in [1.54, 1.807) is 19.2 Å². The lowest BCUT2D eigenvalue weighted by atomic mass is 10.2. The second-order valence-electron chi connectivity index (χ2n) is 7.57. The zero-order valence-corrected chi connectivity index (χ0v) is 20.7. The zero-order valence-electron chi connectivity index (χ0n) is 19.9. The Kier molecular flexibility index (Phi) is 8.53. The van der Waals surface area contributed by atoms with Crippen molar-refractivity contribution in [3.05, 3.63) is 53.9 Å². The molecule has 1 atom stereocenters. The Morgan fingerprint density at radius 3 is 2.44 bits per heavy atom. The van der Waals surface area contributed by atoms with Gasteiger partial charge < -0.3 is 24.7 Å². The minimum Gasteiger partial charge on any atom is -0.497 e.